The number of phenolic OH excluding ortho intramolecular Hbond substituents is 1. The highest BCUT2D eigenvalue weighted by molar-refractivity contribution is 6.32. The van der Waals surface area contributed by atoms with Crippen molar-refractivity contribution in [3.63, 3.8) is 0 Å². The Balaban J connectivity index is 1.96. The third-order valence-corrected chi connectivity index (χ3v) is 4.37. The van der Waals surface area contributed by atoms with Gasteiger partial charge in [0.15, 0.2) is 0 Å². The van der Waals surface area contributed by atoms with Crippen LogP contribution in [0.15, 0.2) is 18.2 Å². The molecular weight excluding hydrogens is 266 g/mol. The summed E-state index contributed by atoms with van der Waals surface area (Å²) in [5.74, 6) is -0.279. The highest BCUT2D eigenvalue weighted by atomic mass is 35.5. The first kappa shape index (κ1) is 12.5. The number of amides is 2. The number of carbonyl (C=O) groups is 2. The van der Waals surface area contributed by atoms with E-state index in [1.165, 1.54) is 17.0 Å². The molecule has 100 valence electrons. The largest absolute Gasteiger partial charge is 0.506 e. The molecule has 1 aromatic rings. The van der Waals surface area contributed by atoms with Gasteiger partial charge in [0.1, 0.15) is 5.75 Å². The molecule has 0 bridgehead atoms. The Hall–Kier alpha value is -1.55. The molecule has 2 aliphatic rings. The number of halogens is 1. The molecule has 2 unspecified atom stereocenters. The fraction of sp³-hybridized carbons (Fsp3) is 0.429. The number of imide groups is 1. The number of rotatable bonds is 1. The van der Waals surface area contributed by atoms with E-state index in [9.17, 15) is 14.7 Å². The van der Waals surface area contributed by atoms with Crippen molar-refractivity contribution in [1.82, 2.24) is 0 Å². The summed E-state index contributed by atoms with van der Waals surface area (Å²) in [5, 5.41) is 9.54. The lowest BCUT2D eigenvalue weighted by atomic mass is 10.00. The summed E-state index contributed by atoms with van der Waals surface area (Å²) in [6.07, 6.45) is 1.55. The number of aromatic hydroxyl groups is 1. The topological polar surface area (TPSA) is 57.6 Å². The highest BCUT2D eigenvalue weighted by Gasteiger charge is 2.52. The van der Waals surface area contributed by atoms with E-state index in [0.717, 1.165) is 12.8 Å². The van der Waals surface area contributed by atoms with Crippen LogP contribution in [0.1, 0.15) is 19.8 Å². The van der Waals surface area contributed by atoms with Crippen LogP contribution in [0.2, 0.25) is 5.02 Å². The lowest BCUT2D eigenvalue weighted by Gasteiger charge is -2.17. The summed E-state index contributed by atoms with van der Waals surface area (Å²) in [4.78, 5) is 25.9. The van der Waals surface area contributed by atoms with Gasteiger partial charge in [0.25, 0.3) is 0 Å². The minimum atomic E-state index is -0.185. The van der Waals surface area contributed by atoms with E-state index in [4.69, 9.17) is 11.6 Å². The second-order valence-corrected chi connectivity index (χ2v) is 5.84. The van der Waals surface area contributed by atoms with Gasteiger partial charge in [-0.05, 0) is 37.0 Å². The lowest BCUT2D eigenvalue weighted by molar-refractivity contribution is -0.123. The maximum absolute atomic E-state index is 12.3. The summed E-state index contributed by atoms with van der Waals surface area (Å²) in [6.45, 7) is 2.07. The van der Waals surface area contributed by atoms with Crippen molar-refractivity contribution in [2.24, 2.45) is 17.8 Å². The average Bonchev–Trinajstić information content (AvgIpc) is 2.84. The molecule has 4 nitrogen and oxygen atoms in total. The van der Waals surface area contributed by atoms with Gasteiger partial charge in [0, 0.05) is 0 Å². The van der Waals surface area contributed by atoms with Crippen LogP contribution >= 0.6 is 11.6 Å². The Morgan fingerprint density at radius 1 is 1.21 bits per heavy atom. The molecule has 2 amide bonds. The molecule has 1 saturated carbocycles. The van der Waals surface area contributed by atoms with Gasteiger partial charge in [0.2, 0.25) is 11.8 Å². The van der Waals surface area contributed by atoms with Crippen LogP contribution in [0.3, 0.4) is 0 Å². The number of carbonyl (C=O) groups excluding carboxylic acids is 2. The van der Waals surface area contributed by atoms with Gasteiger partial charge in [-0.3, -0.25) is 9.59 Å². The fourth-order valence-corrected chi connectivity index (χ4v) is 3.34. The molecule has 3 rings (SSSR count). The first-order chi connectivity index (χ1) is 8.99. The van der Waals surface area contributed by atoms with E-state index < -0.39 is 0 Å². The quantitative estimate of drug-likeness (QED) is 0.804. The molecule has 0 spiro atoms. The summed E-state index contributed by atoms with van der Waals surface area (Å²) in [6, 6.07) is 4.40. The maximum atomic E-state index is 12.3. The van der Waals surface area contributed by atoms with E-state index in [0.29, 0.717) is 11.6 Å². The molecular formula is C14H14ClNO3. The smallest absolute Gasteiger partial charge is 0.237 e. The zero-order valence-electron chi connectivity index (χ0n) is 10.5. The predicted molar refractivity (Wildman–Crippen MR) is 71.0 cm³/mol. The van der Waals surface area contributed by atoms with Crippen molar-refractivity contribution in [2.45, 2.75) is 19.8 Å². The summed E-state index contributed by atoms with van der Waals surface area (Å²) in [7, 11) is 0. The van der Waals surface area contributed by atoms with Gasteiger partial charge in [-0.1, -0.05) is 18.5 Å². The molecule has 0 aromatic heterocycles. The van der Waals surface area contributed by atoms with Crippen LogP contribution in [-0.4, -0.2) is 16.9 Å². The van der Waals surface area contributed by atoms with Crippen molar-refractivity contribution in [3.05, 3.63) is 23.2 Å². The summed E-state index contributed by atoms with van der Waals surface area (Å²) < 4.78 is 0. The fourth-order valence-electron chi connectivity index (χ4n) is 3.17. The van der Waals surface area contributed by atoms with Crippen molar-refractivity contribution in [2.75, 3.05) is 4.90 Å². The van der Waals surface area contributed by atoms with Crippen LogP contribution in [0.4, 0.5) is 5.69 Å². The Labute approximate surface area is 116 Å². The third kappa shape index (κ3) is 1.82. The van der Waals surface area contributed by atoms with Crippen LogP contribution < -0.4 is 4.90 Å². The Morgan fingerprint density at radius 2 is 1.79 bits per heavy atom. The van der Waals surface area contributed by atoms with Gasteiger partial charge in [-0.25, -0.2) is 4.90 Å². The normalized spacial score (nSPS) is 30.0. The van der Waals surface area contributed by atoms with Crippen LogP contribution in [0, 0.1) is 17.8 Å². The lowest BCUT2D eigenvalue weighted by Crippen LogP contribution is -2.32. The van der Waals surface area contributed by atoms with Gasteiger partial charge in [0.05, 0.1) is 22.5 Å². The van der Waals surface area contributed by atoms with E-state index >= 15 is 0 Å². The standard InChI is InChI=1S/C14H14ClNO3/c1-7-4-9-10(5-7)14(19)16(13(9)18)8-2-3-12(17)11(15)6-8/h2-3,6-7,9-10,17H,4-5H2,1H3. The van der Waals surface area contributed by atoms with Crippen molar-refractivity contribution < 1.29 is 14.7 Å². The molecule has 5 heteroatoms. The first-order valence-electron chi connectivity index (χ1n) is 6.35. The molecule has 2 fully saturated rings. The molecule has 2 atom stereocenters. The minimum absolute atomic E-state index is 0.0571. The van der Waals surface area contributed by atoms with E-state index in [-0.39, 0.29) is 34.4 Å². The van der Waals surface area contributed by atoms with Crippen molar-refractivity contribution in [3.8, 4) is 5.75 Å². The molecule has 1 aliphatic heterocycles. The maximum Gasteiger partial charge on any atom is 0.237 e. The van der Waals surface area contributed by atoms with Gasteiger partial charge in [-0.15, -0.1) is 0 Å². The Morgan fingerprint density at radius 3 is 2.32 bits per heavy atom. The number of anilines is 1. The van der Waals surface area contributed by atoms with Crippen LogP contribution in [0.25, 0.3) is 0 Å². The van der Waals surface area contributed by atoms with E-state index in [1.807, 2.05) is 0 Å². The number of benzene rings is 1. The van der Waals surface area contributed by atoms with Crippen LogP contribution in [0.5, 0.6) is 5.75 Å². The Kier molecular flexibility index (Phi) is 2.78. The minimum Gasteiger partial charge on any atom is -0.506 e. The number of fused-ring (bicyclic) bond motifs is 1. The zero-order valence-corrected chi connectivity index (χ0v) is 11.2. The predicted octanol–water partition coefficient (Wildman–Crippen LogP) is 2.58. The van der Waals surface area contributed by atoms with E-state index in [2.05, 4.69) is 6.92 Å². The first-order valence-corrected chi connectivity index (χ1v) is 6.73. The molecule has 19 heavy (non-hydrogen) atoms. The van der Waals surface area contributed by atoms with Crippen molar-refractivity contribution in [1.29, 1.82) is 0 Å². The molecule has 1 aliphatic carbocycles. The number of hydrogen-bond donors (Lipinski definition) is 1. The Bertz CT molecular complexity index is 548. The highest BCUT2D eigenvalue weighted by Crippen LogP contribution is 2.44. The second-order valence-electron chi connectivity index (χ2n) is 5.44. The SMILES string of the molecule is CC1CC2C(=O)N(c3ccc(O)c(Cl)c3)C(=O)C2C1. The molecule has 1 aromatic carbocycles. The molecule has 0 radical (unpaired) electrons. The van der Waals surface area contributed by atoms with E-state index in [1.54, 1.807) is 6.07 Å². The van der Waals surface area contributed by atoms with Gasteiger partial charge >= 0.3 is 0 Å². The number of phenols is 1. The number of nitrogens with zero attached hydrogens (tertiary/aromatic N) is 1. The number of hydrogen-bond acceptors (Lipinski definition) is 3. The van der Waals surface area contributed by atoms with Gasteiger partial charge in [-0.2, -0.15) is 0 Å². The zero-order chi connectivity index (χ0) is 13.7. The summed E-state index contributed by atoms with van der Waals surface area (Å²) in [5.41, 5.74) is 0.444. The molecule has 1 N–H and O–H groups in total. The average molecular weight is 280 g/mol. The monoisotopic (exact) mass is 279 g/mol. The molecule has 1 heterocycles. The van der Waals surface area contributed by atoms with Crippen molar-refractivity contribution >= 4 is 29.1 Å². The molecule has 1 saturated heterocycles. The van der Waals surface area contributed by atoms with Gasteiger partial charge < -0.3 is 5.11 Å². The third-order valence-electron chi connectivity index (χ3n) is 4.06. The second kappa shape index (κ2) is 4.23. The summed E-state index contributed by atoms with van der Waals surface area (Å²) >= 11 is 5.83. The van der Waals surface area contributed by atoms with Crippen LogP contribution in [-0.2, 0) is 9.59 Å².